The number of anilines is 1. The molecular weight excluding hydrogens is 302 g/mol. The smallest absolute Gasteiger partial charge is 0.265 e. The second-order valence-electron chi connectivity index (χ2n) is 5.37. The van der Waals surface area contributed by atoms with Crippen molar-refractivity contribution in [1.29, 1.82) is 0 Å². The maximum atomic E-state index is 12.3. The Morgan fingerprint density at radius 1 is 1.21 bits per heavy atom. The molecular formula is C20H23NO3. The average Bonchev–Trinajstić information content (AvgIpc) is 2.61. The van der Waals surface area contributed by atoms with Gasteiger partial charge in [0.2, 0.25) is 0 Å². The second kappa shape index (κ2) is 8.77. The molecule has 0 bridgehead atoms. The van der Waals surface area contributed by atoms with Crippen LogP contribution in [0.5, 0.6) is 11.5 Å². The first-order valence-electron chi connectivity index (χ1n) is 8.02. The third kappa shape index (κ3) is 5.16. The third-order valence-electron chi connectivity index (χ3n) is 3.48. The van der Waals surface area contributed by atoms with Crippen LogP contribution in [0.15, 0.2) is 61.2 Å². The summed E-state index contributed by atoms with van der Waals surface area (Å²) in [6.07, 6.45) is 2.04. The zero-order valence-electron chi connectivity index (χ0n) is 14.1. The van der Waals surface area contributed by atoms with Crippen LogP contribution < -0.4 is 14.8 Å². The highest BCUT2D eigenvalue weighted by Crippen LogP contribution is 2.19. The Labute approximate surface area is 143 Å². The summed E-state index contributed by atoms with van der Waals surface area (Å²) in [5, 5.41) is 2.83. The number of hydrogen-bond donors (Lipinski definition) is 1. The van der Waals surface area contributed by atoms with Crippen molar-refractivity contribution in [3.8, 4) is 11.5 Å². The van der Waals surface area contributed by atoms with Gasteiger partial charge in [-0.3, -0.25) is 4.79 Å². The highest BCUT2D eigenvalue weighted by molar-refractivity contribution is 5.94. The van der Waals surface area contributed by atoms with Gasteiger partial charge < -0.3 is 14.8 Å². The summed E-state index contributed by atoms with van der Waals surface area (Å²) in [6, 6.07) is 15.0. The fourth-order valence-corrected chi connectivity index (χ4v) is 2.12. The second-order valence-corrected chi connectivity index (χ2v) is 5.37. The Balaban J connectivity index is 1.94. The fraction of sp³-hybridized carbons (Fsp3) is 0.250. The van der Waals surface area contributed by atoms with Crippen LogP contribution in [0.3, 0.4) is 0 Å². The molecule has 24 heavy (non-hydrogen) atoms. The van der Waals surface area contributed by atoms with Gasteiger partial charge in [-0.25, -0.2) is 0 Å². The molecule has 2 aromatic rings. The van der Waals surface area contributed by atoms with Crippen molar-refractivity contribution < 1.29 is 14.3 Å². The van der Waals surface area contributed by atoms with Crippen LogP contribution in [0.1, 0.15) is 19.4 Å². The third-order valence-corrected chi connectivity index (χ3v) is 3.48. The van der Waals surface area contributed by atoms with Gasteiger partial charge in [-0.2, -0.15) is 0 Å². The lowest BCUT2D eigenvalue weighted by Crippen LogP contribution is -2.30. The largest absolute Gasteiger partial charge is 0.489 e. The quantitative estimate of drug-likeness (QED) is 0.739. The molecule has 1 amide bonds. The lowest BCUT2D eigenvalue weighted by Gasteiger charge is -2.15. The van der Waals surface area contributed by atoms with Crippen LogP contribution in [0.2, 0.25) is 0 Å². The Kier molecular flexibility index (Phi) is 6.43. The molecule has 0 aliphatic heterocycles. The minimum Gasteiger partial charge on any atom is -0.489 e. The summed E-state index contributed by atoms with van der Waals surface area (Å²) < 4.78 is 11.1. The first-order valence-corrected chi connectivity index (χ1v) is 8.02. The summed E-state index contributed by atoms with van der Waals surface area (Å²) in [7, 11) is 0. The van der Waals surface area contributed by atoms with Gasteiger partial charge in [-0.05, 0) is 43.2 Å². The maximum Gasteiger partial charge on any atom is 0.265 e. The van der Waals surface area contributed by atoms with Gasteiger partial charge in [0.15, 0.2) is 6.10 Å². The van der Waals surface area contributed by atoms with Crippen molar-refractivity contribution in [2.45, 2.75) is 26.4 Å². The number of nitrogens with one attached hydrogen (secondary N) is 1. The van der Waals surface area contributed by atoms with Crippen molar-refractivity contribution in [1.82, 2.24) is 0 Å². The zero-order chi connectivity index (χ0) is 17.4. The topological polar surface area (TPSA) is 47.6 Å². The molecule has 4 nitrogen and oxygen atoms in total. The van der Waals surface area contributed by atoms with E-state index in [1.807, 2.05) is 36.4 Å². The van der Waals surface area contributed by atoms with Crippen molar-refractivity contribution in [2.75, 3.05) is 11.9 Å². The van der Waals surface area contributed by atoms with E-state index in [-0.39, 0.29) is 5.91 Å². The standard InChI is InChI=1S/C20H23NO3/c1-4-13-23-19-8-6-7-17(14-19)21-20(22)15(3)24-18-11-9-16(5-2)10-12-18/h4,6-12,14-15H,1,5,13H2,2-3H3,(H,21,22). The molecule has 0 aliphatic carbocycles. The predicted molar refractivity (Wildman–Crippen MR) is 96.7 cm³/mol. The number of benzene rings is 2. The monoisotopic (exact) mass is 325 g/mol. The van der Waals surface area contributed by atoms with E-state index < -0.39 is 6.10 Å². The van der Waals surface area contributed by atoms with E-state index >= 15 is 0 Å². The molecule has 0 fully saturated rings. The fourth-order valence-electron chi connectivity index (χ4n) is 2.12. The van der Waals surface area contributed by atoms with E-state index in [2.05, 4.69) is 18.8 Å². The molecule has 2 aromatic carbocycles. The van der Waals surface area contributed by atoms with E-state index in [0.29, 0.717) is 23.8 Å². The number of carbonyl (C=O) groups excluding carboxylic acids is 1. The van der Waals surface area contributed by atoms with E-state index in [4.69, 9.17) is 9.47 Å². The van der Waals surface area contributed by atoms with Crippen molar-refractivity contribution >= 4 is 11.6 Å². The SMILES string of the molecule is C=CCOc1cccc(NC(=O)C(C)Oc2ccc(CC)cc2)c1. The highest BCUT2D eigenvalue weighted by Gasteiger charge is 2.15. The molecule has 2 rings (SSSR count). The summed E-state index contributed by atoms with van der Waals surface area (Å²) in [5.74, 6) is 1.14. The number of amides is 1. The first kappa shape index (κ1) is 17.6. The van der Waals surface area contributed by atoms with Gasteiger partial charge in [0.05, 0.1) is 0 Å². The summed E-state index contributed by atoms with van der Waals surface area (Å²) in [5.41, 5.74) is 1.90. The van der Waals surface area contributed by atoms with Crippen molar-refractivity contribution in [3.63, 3.8) is 0 Å². The van der Waals surface area contributed by atoms with Gasteiger partial charge in [0.25, 0.3) is 5.91 Å². The molecule has 1 unspecified atom stereocenters. The van der Waals surface area contributed by atoms with Crippen molar-refractivity contribution in [3.05, 3.63) is 66.7 Å². The minimum absolute atomic E-state index is 0.213. The average molecular weight is 325 g/mol. The normalized spacial score (nSPS) is 11.4. The summed E-state index contributed by atoms with van der Waals surface area (Å²) in [6.45, 7) is 7.85. The molecule has 1 atom stereocenters. The van der Waals surface area contributed by atoms with E-state index in [0.717, 1.165) is 6.42 Å². The number of aryl methyl sites for hydroxylation is 1. The molecule has 0 radical (unpaired) electrons. The lowest BCUT2D eigenvalue weighted by molar-refractivity contribution is -0.122. The Morgan fingerprint density at radius 3 is 2.62 bits per heavy atom. The minimum atomic E-state index is -0.602. The molecule has 0 saturated heterocycles. The Hall–Kier alpha value is -2.75. The number of rotatable bonds is 8. The predicted octanol–water partition coefficient (Wildman–Crippen LogP) is 4.22. The van der Waals surface area contributed by atoms with Crippen molar-refractivity contribution in [2.24, 2.45) is 0 Å². The van der Waals surface area contributed by atoms with Crippen LogP contribution in [0, 0.1) is 0 Å². The summed E-state index contributed by atoms with van der Waals surface area (Å²) >= 11 is 0. The molecule has 0 spiro atoms. The summed E-state index contributed by atoms with van der Waals surface area (Å²) in [4.78, 5) is 12.3. The van der Waals surface area contributed by atoms with Gasteiger partial charge in [0, 0.05) is 11.8 Å². The highest BCUT2D eigenvalue weighted by atomic mass is 16.5. The molecule has 0 aromatic heterocycles. The van der Waals surface area contributed by atoms with Crippen LogP contribution in [0.25, 0.3) is 0 Å². The zero-order valence-corrected chi connectivity index (χ0v) is 14.1. The number of carbonyl (C=O) groups is 1. The first-order chi connectivity index (χ1) is 11.6. The van der Waals surface area contributed by atoms with Gasteiger partial charge in [0.1, 0.15) is 18.1 Å². The van der Waals surface area contributed by atoms with E-state index in [1.54, 1.807) is 25.1 Å². The molecule has 1 N–H and O–H groups in total. The molecule has 126 valence electrons. The van der Waals surface area contributed by atoms with E-state index in [9.17, 15) is 4.79 Å². The lowest BCUT2D eigenvalue weighted by atomic mass is 10.2. The molecule has 0 heterocycles. The maximum absolute atomic E-state index is 12.3. The van der Waals surface area contributed by atoms with Crippen LogP contribution in [-0.4, -0.2) is 18.6 Å². The van der Waals surface area contributed by atoms with Gasteiger partial charge in [-0.15, -0.1) is 0 Å². The Morgan fingerprint density at radius 2 is 1.96 bits per heavy atom. The van der Waals surface area contributed by atoms with Gasteiger partial charge in [-0.1, -0.05) is 37.8 Å². The van der Waals surface area contributed by atoms with Crippen LogP contribution >= 0.6 is 0 Å². The molecule has 0 aliphatic rings. The Bertz CT molecular complexity index is 680. The van der Waals surface area contributed by atoms with Crippen LogP contribution in [-0.2, 0) is 11.2 Å². The molecule has 0 saturated carbocycles. The van der Waals surface area contributed by atoms with E-state index in [1.165, 1.54) is 5.56 Å². The number of hydrogen-bond acceptors (Lipinski definition) is 3. The van der Waals surface area contributed by atoms with Crippen LogP contribution in [0.4, 0.5) is 5.69 Å². The number of ether oxygens (including phenoxy) is 2. The molecule has 4 heteroatoms. The van der Waals surface area contributed by atoms with Gasteiger partial charge >= 0.3 is 0 Å².